The van der Waals surface area contributed by atoms with Crippen molar-refractivity contribution in [3.05, 3.63) is 39.7 Å². The topological polar surface area (TPSA) is 82.1 Å². The van der Waals surface area contributed by atoms with Gasteiger partial charge in [0, 0.05) is 11.1 Å². The van der Waals surface area contributed by atoms with Crippen molar-refractivity contribution in [3.8, 4) is 11.5 Å². The Hall–Kier alpha value is -1.95. The molecule has 0 aliphatic carbocycles. The third-order valence-electron chi connectivity index (χ3n) is 1.75. The maximum atomic E-state index is 10.7. The van der Waals surface area contributed by atoms with Crippen molar-refractivity contribution >= 4 is 17.3 Å². The SMILES string of the molecule is O=[N+]([O-])c1cc(Cl)ccc1-c1nnco1. The Balaban J connectivity index is 2.61. The molecule has 2 aromatic rings. The molecule has 15 heavy (non-hydrogen) atoms. The van der Waals surface area contributed by atoms with Gasteiger partial charge in [-0.15, -0.1) is 10.2 Å². The minimum absolute atomic E-state index is 0.0957. The average molecular weight is 226 g/mol. The largest absolute Gasteiger partial charge is 0.423 e. The molecule has 0 spiro atoms. The van der Waals surface area contributed by atoms with Gasteiger partial charge in [-0.05, 0) is 12.1 Å². The van der Waals surface area contributed by atoms with E-state index in [-0.39, 0.29) is 22.2 Å². The van der Waals surface area contributed by atoms with Gasteiger partial charge in [-0.25, -0.2) is 0 Å². The first-order valence-corrected chi connectivity index (χ1v) is 4.27. The standard InChI is InChI=1S/C8H4ClN3O3/c9-5-1-2-6(7(3-5)12(13)14)8-11-10-4-15-8/h1-4H. The molecule has 1 aromatic carbocycles. The van der Waals surface area contributed by atoms with E-state index in [2.05, 4.69) is 10.2 Å². The van der Waals surface area contributed by atoms with Crippen molar-refractivity contribution in [1.29, 1.82) is 0 Å². The van der Waals surface area contributed by atoms with Crippen LogP contribution in [0.2, 0.25) is 5.02 Å². The van der Waals surface area contributed by atoms with Gasteiger partial charge in [0.1, 0.15) is 5.56 Å². The Kier molecular flexibility index (Phi) is 2.34. The van der Waals surface area contributed by atoms with Crippen molar-refractivity contribution in [2.75, 3.05) is 0 Å². The molecule has 76 valence electrons. The van der Waals surface area contributed by atoms with Gasteiger partial charge in [0.05, 0.1) is 4.92 Å². The lowest BCUT2D eigenvalue weighted by atomic mass is 10.2. The van der Waals surface area contributed by atoms with Gasteiger partial charge < -0.3 is 4.42 Å². The Labute approximate surface area is 88.6 Å². The Morgan fingerprint density at radius 2 is 2.27 bits per heavy atom. The normalized spacial score (nSPS) is 10.2. The summed E-state index contributed by atoms with van der Waals surface area (Å²) in [6, 6.07) is 4.23. The van der Waals surface area contributed by atoms with E-state index in [0.717, 1.165) is 6.39 Å². The van der Waals surface area contributed by atoms with E-state index >= 15 is 0 Å². The second-order valence-electron chi connectivity index (χ2n) is 2.66. The summed E-state index contributed by atoms with van der Waals surface area (Å²) in [5.74, 6) is 0.0957. The fourth-order valence-electron chi connectivity index (χ4n) is 1.13. The van der Waals surface area contributed by atoms with E-state index in [1.54, 1.807) is 0 Å². The molecule has 0 aliphatic heterocycles. The second-order valence-corrected chi connectivity index (χ2v) is 3.10. The maximum absolute atomic E-state index is 10.7. The number of rotatable bonds is 2. The summed E-state index contributed by atoms with van der Waals surface area (Å²) in [4.78, 5) is 10.2. The Bertz CT molecular complexity index is 498. The molecular formula is C8H4ClN3O3. The number of aromatic nitrogens is 2. The van der Waals surface area contributed by atoms with Crippen LogP contribution in [-0.4, -0.2) is 15.1 Å². The first-order valence-electron chi connectivity index (χ1n) is 3.89. The number of hydrogen-bond acceptors (Lipinski definition) is 5. The summed E-state index contributed by atoms with van der Waals surface area (Å²) in [6.45, 7) is 0. The summed E-state index contributed by atoms with van der Waals surface area (Å²) in [6.07, 6.45) is 1.10. The molecule has 0 saturated heterocycles. The zero-order valence-electron chi connectivity index (χ0n) is 7.25. The van der Waals surface area contributed by atoms with E-state index in [0.29, 0.717) is 0 Å². The summed E-state index contributed by atoms with van der Waals surface area (Å²) >= 11 is 5.65. The van der Waals surface area contributed by atoms with E-state index < -0.39 is 4.92 Å². The molecule has 0 saturated carbocycles. The van der Waals surface area contributed by atoms with Crippen molar-refractivity contribution in [2.45, 2.75) is 0 Å². The number of benzene rings is 1. The minimum Gasteiger partial charge on any atom is -0.423 e. The van der Waals surface area contributed by atoms with Gasteiger partial charge in [-0.3, -0.25) is 10.1 Å². The highest BCUT2D eigenvalue weighted by Crippen LogP contribution is 2.30. The van der Waals surface area contributed by atoms with Gasteiger partial charge in [0.25, 0.3) is 11.6 Å². The Morgan fingerprint density at radius 3 is 2.87 bits per heavy atom. The highest BCUT2D eigenvalue weighted by Gasteiger charge is 2.19. The van der Waals surface area contributed by atoms with E-state index in [1.165, 1.54) is 18.2 Å². The molecule has 1 aromatic heterocycles. The van der Waals surface area contributed by atoms with Crippen LogP contribution in [0.1, 0.15) is 0 Å². The van der Waals surface area contributed by atoms with Crippen LogP contribution in [0.5, 0.6) is 0 Å². The molecule has 0 N–H and O–H groups in total. The van der Waals surface area contributed by atoms with Crippen molar-refractivity contribution < 1.29 is 9.34 Å². The lowest BCUT2D eigenvalue weighted by Gasteiger charge is -1.97. The summed E-state index contributed by atoms with van der Waals surface area (Å²) in [5.41, 5.74) is 0.0913. The van der Waals surface area contributed by atoms with Crippen LogP contribution >= 0.6 is 11.6 Å². The molecule has 2 rings (SSSR count). The molecule has 0 amide bonds. The number of nitro groups is 1. The molecule has 0 unspecified atom stereocenters. The second kappa shape index (κ2) is 3.66. The number of halogens is 1. The van der Waals surface area contributed by atoms with Gasteiger partial charge in [-0.2, -0.15) is 0 Å². The van der Waals surface area contributed by atoms with Crippen LogP contribution in [0, 0.1) is 10.1 Å². The third-order valence-corrected chi connectivity index (χ3v) is 1.98. The lowest BCUT2D eigenvalue weighted by molar-refractivity contribution is -0.384. The van der Waals surface area contributed by atoms with E-state index in [4.69, 9.17) is 16.0 Å². The molecule has 0 atom stereocenters. The molecular weight excluding hydrogens is 222 g/mol. The maximum Gasteiger partial charge on any atom is 0.283 e. The number of hydrogen-bond donors (Lipinski definition) is 0. The van der Waals surface area contributed by atoms with E-state index in [1.807, 2.05) is 0 Å². The van der Waals surface area contributed by atoms with Crippen LogP contribution in [0.25, 0.3) is 11.5 Å². The smallest absolute Gasteiger partial charge is 0.283 e. The molecule has 7 heteroatoms. The third kappa shape index (κ3) is 1.79. The van der Waals surface area contributed by atoms with Crippen LogP contribution in [-0.2, 0) is 0 Å². The summed E-state index contributed by atoms with van der Waals surface area (Å²) in [7, 11) is 0. The van der Waals surface area contributed by atoms with Gasteiger partial charge in [-0.1, -0.05) is 11.6 Å². The van der Waals surface area contributed by atoms with E-state index in [9.17, 15) is 10.1 Å². The van der Waals surface area contributed by atoms with Crippen LogP contribution in [0.3, 0.4) is 0 Å². The molecule has 0 radical (unpaired) electrons. The van der Waals surface area contributed by atoms with Crippen LogP contribution < -0.4 is 0 Å². The summed E-state index contributed by atoms with van der Waals surface area (Å²) < 4.78 is 4.88. The van der Waals surface area contributed by atoms with Crippen molar-refractivity contribution in [2.24, 2.45) is 0 Å². The quantitative estimate of drug-likeness (QED) is 0.578. The van der Waals surface area contributed by atoms with Crippen molar-refractivity contribution in [3.63, 3.8) is 0 Å². The Morgan fingerprint density at radius 1 is 1.47 bits per heavy atom. The average Bonchev–Trinajstić information content (AvgIpc) is 2.70. The van der Waals surface area contributed by atoms with Gasteiger partial charge >= 0.3 is 0 Å². The zero-order valence-corrected chi connectivity index (χ0v) is 8.01. The van der Waals surface area contributed by atoms with Crippen molar-refractivity contribution in [1.82, 2.24) is 10.2 Å². The first kappa shape index (κ1) is 9.60. The monoisotopic (exact) mass is 225 g/mol. The van der Waals surface area contributed by atoms with Gasteiger partial charge in [0.15, 0.2) is 0 Å². The lowest BCUT2D eigenvalue weighted by Crippen LogP contribution is -1.92. The highest BCUT2D eigenvalue weighted by atomic mass is 35.5. The van der Waals surface area contributed by atoms with Gasteiger partial charge in [0.2, 0.25) is 6.39 Å². The molecule has 0 fully saturated rings. The van der Waals surface area contributed by atoms with Crippen LogP contribution in [0.15, 0.2) is 29.0 Å². The molecule has 1 heterocycles. The first-order chi connectivity index (χ1) is 7.18. The molecule has 0 aliphatic rings. The molecule has 0 bridgehead atoms. The fraction of sp³-hybridized carbons (Fsp3) is 0. The minimum atomic E-state index is -0.550. The number of nitro benzene ring substituents is 1. The summed E-state index contributed by atoms with van der Waals surface area (Å²) in [5, 5.41) is 18.1. The predicted octanol–water partition coefficient (Wildman–Crippen LogP) is 2.30. The highest BCUT2D eigenvalue weighted by molar-refractivity contribution is 6.30. The van der Waals surface area contributed by atoms with Crippen LogP contribution in [0.4, 0.5) is 5.69 Å². The zero-order chi connectivity index (χ0) is 10.8. The molecule has 6 nitrogen and oxygen atoms in total. The fourth-order valence-corrected chi connectivity index (χ4v) is 1.29. The number of nitrogens with zero attached hydrogens (tertiary/aromatic N) is 3. The predicted molar refractivity (Wildman–Crippen MR) is 51.4 cm³/mol.